The fraction of sp³-hybridized carbons (Fsp3) is 0. The van der Waals surface area contributed by atoms with Crippen LogP contribution in [0.1, 0.15) is 0 Å². The summed E-state index contributed by atoms with van der Waals surface area (Å²) >= 11 is 0. The Morgan fingerprint density at radius 2 is 1.92 bits per heavy atom. The van der Waals surface area contributed by atoms with Crippen molar-refractivity contribution in [3.05, 3.63) is 37.1 Å². The van der Waals surface area contributed by atoms with Gasteiger partial charge in [-0.05, 0) is 6.08 Å². The maximum atomic E-state index is 10.7. The van der Waals surface area contributed by atoms with Crippen molar-refractivity contribution in [2.75, 3.05) is 0 Å². The molecule has 64 valence electrons. The molecule has 1 N–H and O–H groups in total. The van der Waals surface area contributed by atoms with Crippen LogP contribution in [0.5, 0.6) is 0 Å². The monoisotopic (exact) mass is 168 g/mol. The van der Waals surface area contributed by atoms with E-state index in [1.807, 2.05) is 0 Å². The van der Waals surface area contributed by atoms with Crippen molar-refractivity contribution in [1.29, 1.82) is 0 Å². The first-order chi connectivity index (χ1) is 5.57. The molecule has 0 unspecified atom stereocenters. The molecule has 0 aromatic heterocycles. The van der Waals surface area contributed by atoms with E-state index >= 15 is 0 Å². The van der Waals surface area contributed by atoms with Gasteiger partial charge in [0.25, 0.3) is 0 Å². The Hall–Kier alpha value is -1.84. The molecule has 4 nitrogen and oxygen atoms in total. The van der Waals surface area contributed by atoms with Crippen LogP contribution >= 0.6 is 0 Å². The second kappa shape index (κ2) is 4.90. The molecule has 0 aliphatic rings. The van der Waals surface area contributed by atoms with Crippen molar-refractivity contribution >= 4 is 11.9 Å². The highest BCUT2D eigenvalue weighted by molar-refractivity contribution is 5.93. The number of rotatable bonds is 4. The minimum Gasteiger partial charge on any atom is -0.478 e. The minimum absolute atomic E-state index is 0.0442. The molecule has 0 radical (unpaired) electrons. The Bertz CT molecular complexity index is 250. The smallest absolute Gasteiger partial charge is 0.342 e. The summed E-state index contributed by atoms with van der Waals surface area (Å²) in [5, 5.41) is 8.17. The number of carbonyl (C=O) groups excluding carboxylic acids is 1. The summed E-state index contributed by atoms with van der Waals surface area (Å²) < 4.78 is 4.32. The molecule has 0 aliphatic heterocycles. The van der Waals surface area contributed by atoms with E-state index in [1.165, 1.54) is 0 Å². The largest absolute Gasteiger partial charge is 0.478 e. The molecule has 0 fully saturated rings. The lowest BCUT2D eigenvalue weighted by Gasteiger charge is -1.95. The van der Waals surface area contributed by atoms with E-state index in [0.717, 1.165) is 18.4 Å². The van der Waals surface area contributed by atoms with Gasteiger partial charge in [-0.3, -0.25) is 0 Å². The molecule has 0 aromatic rings. The van der Waals surface area contributed by atoms with Crippen LogP contribution in [0.25, 0.3) is 0 Å². The molecule has 4 heteroatoms. The summed E-state index contributed by atoms with van der Waals surface area (Å²) in [7, 11) is 0. The van der Waals surface area contributed by atoms with Crippen molar-refractivity contribution in [3.8, 4) is 0 Å². The maximum Gasteiger partial charge on any atom is 0.342 e. The highest BCUT2D eigenvalue weighted by Crippen LogP contribution is 1.96. The average Bonchev–Trinajstić information content (AvgIpc) is 2.00. The molecule has 0 aliphatic carbocycles. The molecule has 0 aromatic carbocycles. The molecule has 0 bridgehead atoms. The third-order valence-corrected chi connectivity index (χ3v) is 0.880. The van der Waals surface area contributed by atoms with E-state index < -0.39 is 11.9 Å². The van der Waals surface area contributed by atoms with Crippen LogP contribution in [0, 0.1) is 0 Å². The van der Waals surface area contributed by atoms with Gasteiger partial charge in [0.1, 0.15) is 0 Å². The number of ether oxygens (including phenoxy) is 1. The molecule has 0 spiro atoms. The zero-order valence-corrected chi connectivity index (χ0v) is 6.32. The summed E-state index contributed by atoms with van der Waals surface area (Å²) in [4.78, 5) is 20.7. The number of carboxylic acids is 1. The van der Waals surface area contributed by atoms with Crippen LogP contribution in [-0.2, 0) is 14.3 Å². The van der Waals surface area contributed by atoms with Gasteiger partial charge in [0, 0.05) is 6.08 Å². The van der Waals surface area contributed by atoms with Gasteiger partial charge in [-0.25, -0.2) is 9.59 Å². The predicted octanol–water partition coefficient (Wildman–Crippen LogP) is 0.870. The molecular formula is C8H8O4. The third kappa shape index (κ3) is 4.05. The zero-order chi connectivity index (χ0) is 9.56. The molecule has 0 amide bonds. The molecule has 0 rings (SSSR count). The molecular weight excluding hydrogens is 160 g/mol. The summed E-state index contributed by atoms with van der Waals surface area (Å²) in [5.74, 6) is -1.87. The third-order valence-electron chi connectivity index (χ3n) is 0.880. The quantitative estimate of drug-likeness (QED) is 0.293. The number of carboxylic acid groups (broad SMARTS) is 1. The highest BCUT2D eigenvalue weighted by atomic mass is 16.5. The number of hydrogen-bond acceptors (Lipinski definition) is 3. The van der Waals surface area contributed by atoms with E-state index in [4.69, 9.17) is 5.11 Å². The van der Waals surface area contributed by atoms with Gasteiger partial charge in [-0.2, -0.15) is 0 Å². The van der Waals surface area contributed by atoms with E-state index in [9.17, 15) is 9.59 Å². The standard InChI is InChI=1S/C8H8O4/c1-3-12-8(11)6(2)4-5-7(9)10/h3-5H,1-2H2,(H,9,10). The van der Waals surface area contributed by atoms with Gasteiger partial charge in [-0.1, -0.05) is 13.2 Å². The van der Waals surface area contributed by atoms with Crippen LogP contribution in [0.4, 0.5) is 0 Å². The van der Waals surface area contributed by atoms with Gasteiger partial charge in [0.2, 0.25) is 0 Å². The molecule has 0 saturated carbocycles. The van der Waals surface area contributed by atoms with Gasteiger partial charge in [0.05, 0.1) is 11.8 Å². The van der Waals surface area contributed by atoms with Gasteiger partial charge in [-0.15, -0.1) is 0 Å². The number of hydrogen-bond donors (Lipinski definition) is 1. The first kappa shape index (κ1) is 10.2. The van der Waals surface area contributed by atoms with Gasteiger partial charge >= 0.3 is 11.9 Å². The van der Waals surface area contributed by atoms with Gasteiger partial charge in [0.15, 0.2) is 0 Å². The van der Waals surface area contributed by atoms with Crippen LogP contribution in [0.2, 0.25) is 0 Å². The first-order valence-corrected chi connectivity index (χ1v) is 2.99. The fourth-order valence-corrected chi connectivity index (χ4v) is 0.391. The van der Waals surface area contributed by atoms with Crippen LogP contribution in [0.3, 0.4) is 0 Å². The maximum absolute atomic E-state index is 10.7. The fourth-order valence-electron chi connectivity index (χ4n) is 0.391. The number of esters is 1. The lowest BCUT2D eigenvalue weighted by molar-refractivity contribution is -0.133. The Balaban J connectivity index is 4.12. The second-order valence-electron chi connectivity index (χ2n) is 1.77. The average molecular weight is 168 g/mol. The Labute approximate surface area is 69.5 Å². The van der Waals surface area contributed by atoms with Crippen LogP contribution in [0.15, 0.2) is 37.1 Å². The van der Waals surface area contributed by atoms with E-state index in [1.54, 1.807) is 0 Å². The first-order valence-electron chi connectivity index (χ1n) is 2.99. The second-order valence-corrected chi connectivity index (χ2v) is 1.77. The number of aliphatic carboxylic acids is 1. The van der Waals surface area contributed by atoms with Crippen LogP contribution in [-0.4, -0.2) is 17.0 Å². The normalized spacial score (nSPS) is 9.33. The zero-order valence-electron chi connectivity index (χ0n) is 6.32. The summed E-state index contributed by atoms with van der Waals surface area (Å²) in [6.07, 6.45) is 2.79. The summed E-state index contributed by atoms with van der Waals surface area (Å²) in [5.41, 5.74) is -0.0442. The topological polar surface area (TPSA) is 63.6 Å². The Morgan fingerprint density at radius 3 is 2.33 bits per heavy atom. The highest BCUT2D eigenvalue weighted by Gasteiger charge is 2.02. The molecule has 12 heavy (non-hydrogen) atoms. The van der Waals surface area contributed by atoms with Crippen molar-refractivity contribution in [1.82, 2.24) is 0 Å². The predicted molar refractivity (Wildman–Crippen MR) is 42.2 cm³/mol. The van der Waals surface area contributed by atoms with Crippen molar-refractivity contribution in [3.63, 3.8) is 0 Å². The Morgan fingerprint density at radius 1 is 1.33 bits per heavy atom. The Kier molecular flexibility index (Phi) is 4.15. The van der Waals surface area contributed by atoms with Crippen molar-refractivity contribution in [2.24, 2.45) is 0 Å². The van der Waals surface area contributed by atoms with E-state index in [-0.39, 0.29) is 5.57 Å². The van der Waals surface area contributed by atoms with E-state index in [2.05, 4.69) is 17.9 Å². The summed E-state index contributed by atoms with van der Waals surface area (Å²) in [6, 6.07) is 0. The number of carbonyl (C=O) groups is 2. The van der Waals surface area contributed by atoms with Crippen molar-refractivity contribution in [2.45, 2.75) is 0 Å². The van der Waals surface area contributed by atoms with Crippen molar-refractivity contribution < 1.29 is 19.4 Å². The van der Waals surface area contributed by atoms with E-state index in [0.29, 0.717) is 0 Å². The van der Waals surface area contributed by atoms with Crippen LogP contribution < -0.4 is 0 Å². The minimum atomic E-state index is -1.15. The SMILES string of the molecule is C=COC(=O)C(=C)C=CC(=O)O. The lowest BCUT2D eigenvalue weighted by Crippen LogP contribution is -2.00. The summed E-state index contributed by atoms with van der Waals surface area (Å²) in [6.45, 7) is 6.43. The van der Waals surface area contributed by atoms with Gasteiger partial charge < -0.3 is 9.84 Å². The molecule has 0 atom stereocenters. The molecule has 0 heterocycles. The lowest BCUT2D eigenvalue weighted by atomic mass is 10.3. The molecule has 0 saturated heterocycles.